The number of hydrogen-bond donors (Lipinski definition) is 2. The summed E-state index contributed by atoms with van der Waals surface area (Å²) < 4.78 is 0. The van der Waals surface area contributed by atoms with Crippen molar-refractivity contribution in [1.82, 2.24) is 0 Å². The molecule has 6 heteroatoms. The van der Waals surface area contributed by atoms with Gasteiger partial charge in [0, 0.05) is 13.1 Å². The Morgan fingerprint density at radius 3 is 1.25 bits per heavy atom. The van der Waals surface area contributed by atoms with Gasteiger partial charge in [-0.15, -0.1) is 0 Å². The van der Waals surface area contributed by atoms with Gasteiger partial charge < -0.3 is 11.5 Å². The van der Waals surface area contributed by atoms with Crippen molar-refractivity contribution >= 4 is 73.2 Å². The van der Waals surface area contributed by atoms with Crippen LogP contribution in [0.2, 0.25) is 0 Å². The van der Waals surface area contributed by atoms with Crippen LogP contribution < -0.4 is 11.5 Å². The van der Waals surface area contributed by atoms with Gasteiger partial charge >= 0.3 is 73.2 Å². The summed E-state index contributed by atoms with van der Waals surface area (Å²) in [5, 5.41) is 0. The van der Waals surface area contributed by atoms with E-state index in [2.05, 4.69) is 0 Å². The third kappa shape index (κ3) is 37.3. The molecule has 0 amide bonds. The molecule has 0 bridgehead atoms. The van der Waals surface area contributed by atoms with E-state index >= 15 is 0 Å². The zero-order chi connectivity index (χ0) is 6.12. The molecule has 8 heavy (non-hydrogen) atoms. The van der Waals surface area contributed by atoms with Crippen molar-refractivity contribution in [2.45, 2.75) is 0 Å². The predicted octanol–water partition coefficient (Wildman–Crippen LogP) is -0.747. The van der Waals surface area contributed by atoms with Crippen LogP contribution in [-0.2, 0) is 0 Å². The minimum atomic E-state index is -0.931. The van der Waals surface area contributed by atoms with Crippen LogP contribution in [-0.4, -0.2) is 73.5 Å². The average molecular weight is 195 g/mol. The van der Waals surface area contributed by atoms with Gasteiger partial charge in [-0.25, -0.2) is 0 Å². The van der Waals surface area contributed by atoms with E-state index < -0.39 is 30.8 Å². The first-order chi connectivity index (χ1) is 3.33. The molecule has 0 spiro atoms. The average Bonchev–Trinajstić information content (AvgIpc) is 1.69. The van der Waals surface area contributed by atoms with Gasteiger partial charge in [0.05, 0.1) is 0 Å². The molecule has 0 aromatic rings. The Morgan fingerprint density at radius 1 is 1.12 bits per heavy atom. The molecule has 2 nitrogen and oxygen atoms in total. The van der Waals surface area contributed by atoms with Crippen molar-refractivity contribution in [3.63, 3.8) is 0 Å². The van der Waals surface area contributed by atoms with Gasteiger partial charge in [-0.1, -0.05) is 0 Å². The fraction of sp³-hybridized carbons (Fsp3) is 1.00. The van der Waals surface area contributed by atoms with Crippen LogP contribution in [0.3, 0.4) is 0 Å². The monoisotopic (exact) mass is 194 g/mol. The molecule has 0 aromatic carbocycles. The summed E-state index contributed by atoms with van der Waals surface area (Å²) in [5.41, 5.74) is 9.81. The van der Waals surface area contributed by atoms with Gasteiger partial charge in [0.25, 0.3) is 0 Å². The molecule has 0 rings (SSSR count). The SMILES string of the molecule is NCCN.[Cl][Ca][Cl].[NaH]. The normalized spacial score (nSPS) is 5.00. The van der Waals surface area contributed by atoms with Gasteiger partial charge in [-0.05, 0) is 0 Å². The zero-order valence-corrected chi connectivity index (χ0v) is 7.75. The van der Waals surface area contributed by atoms with E-state index in [0.717, 1.165) is 0 Å². The number of hydrogen-bond acceptors (Lipinski definition) is 2. The number of nitrogens with two attached hydrogens (primary N) is 2. The summed E-state index contributed by atoms with van der Waals surface area (Å²) in [6.45, 7) is 1.19. The van der Waals surface area contributed by atoms with Crippen molar-refractivity contribution in [2.24, 2.45) is 11.5 Å². The summed E-state index contributed by atoms with van der Waals surface area (Å²) in [6.07, 6.45) is 9.90. The van der Waals surface area contributed by atoms with Crippen LogP contribution in [0.1, 0.15) is 0 Å². The fourth-order valence-electron chi connectivity index (χ4n) is 0. The first kappa shape index (κ1) is 17.0. The molecule has 0 aromatic heterocycles. The van der Waals surface area contributed by atoms with Crippen molar-refractivity contribution in [1.29, 1.82) is 0 Å². The quantitative estimate of drug-likeness (QED) is 0.541. The Labute approximate surface area is 95.7 Å². The Kier molecular flexibility index (Phi) is 48.0. The number of rotatable bonds is 1. The molecular weight excluding hydrogens is 186 g/mol. The van der Waals surface area contributed by atoms with Crippen LogP contribution in [0.15, 0.2) is 0 Å². The molecule has 0 unspecified atom stereocenters. The van der Waals surface area contributed by atoms with E-state index in [4.69, 9.17) is 24.2 Å². The van der Waals surface area contributed by atoms with Crippen LogP contribution in [0.4, 0.5) is 0 Å². The van der Waals surface area contributed by atoms with E-state index in [9.17, 15) is 0 Å². The third-order valence-electron chi connectivity index (χ3n) is 0.167. The zero-order valence-electron chi connectivity index (χ0n) is 4.03. The van der Waals surface area contributed by atoms with E-state index in [-0.39, 0.29) is 29.6 Å². The molecule has 0 aliphatic rings. The number of halogens is 2. The van der Waals surface area contributed by atoms with Crippen molar-refractivity contribution in [3.05, 3.63) is 0 Å². The van der Waals surface area contributed by atoms with Crippen LogP contribution in [0, 0.1) is 0 Å². The molecule has 44 valence electrons. The molecule has 0 radical (unpaired) electrons. The molecule has 0 aliphatic carbocycles. The first-order valence-corrected chi connectivity index (χ1v) is 7.93. The van der Waals surface area contributed by atoms with Crippen LogP contribution in [0.5, 0.6) is 0 Å². The molecule has 0 fully saturated rings. The van der Waals surface area contributed by atoms with Gasteiger partial charge in [0.2, 0.25) is 0 Å². The Balaban J connectivity index is -0.0000000575. The van der Waals surface area contributed by atoms with E-state index in [1.54, 1.807) is 0 Å². The topological polar surface area (TPSA) is 52.0 Å². The van der Waals surface area contributed by atoms with Gasteiger partial charge in [-0.3, -0.25) is 0 Å². The molecule has 0 heterocycles. The van der Waals surface area contributed by atoms with Crippen molar-refractivity contribution in [2.75, 3.05) is 13.1 Å². The van der Waals surface area contributed by atoms with Crippen molar-refractivity contribution in [3.8, 4) is 0 Å². The molecular formula is C2H9CaCl2N2Na. The Bertz CT molecular complexity index is 25.5. The maximum absolute atomic E-state index is 4.95. The summed E-state index contributed by atoms with van der Waals surface area (Å²) in [6, 6.07) is 0. The second-order valence-electron chi connectivity index (χ2n) is 0.678. The maximum atomic E-state index is 4.95. The fourth-order valence-corrected chi connectivity index (χ4v) is 0. The van der Waals surface area contributed by atoms with E-state index in [1.807, 2.05) is 0 Å². The Hall–Kier alpha value is 2.76. The molecule has 0 saturated carbocycles. The standard InChI is InChI=1S/C2H8N2.Ca.2ClH.Na.H/c3-1-2-4;;;;;/h1-4H2;;2*1H;;/q;+2;;;;/p-2. The third-order valence-corrected chi connectivity index (χ3v) is 0.167. The molecule has 0 atom stereocenters. The molecule has 0 aliphatic heterocycles. The van der Waals surface area contributed by atoms with Crippen LogP contribution in [0.25, 0.3) is 0 Å². The minimum absolute atomic E-state index is 0. The first-order valence-electron chi connectivity index (χ1n) is 1.85. The molecule has 4 N–H and O–H groups in total. The summed E-state index contributed by atoms with van der Waals surface area (Å²) in [7, 11) is 0. The Morgan fingerprint density at radius 2 is 1.25 bits per heavy atom. The van der Waals surface area contributed by atoms with E-state index in [0.29, 0.717) is 13.1 Å². The predicted molar refractivity (Wildman–Crippen MR) is 42.7 cm³/mol. The van der Waals surface area contributed by atoms with E-state index in [1.165, 1.54) is 0 Å². The second-order valence-corrected chi connectivity index (χ2v) is 4.33. The van der Waals surface area contributed by atoms with Gasteiger partial charge in [-0.2, -0.15) is 0 Å². The van der Waals surface area contributed by atoms with Crippen LogP contribution >= 0.6 is 12.8 Å². The second kappa shape index (κ2) is 22.6. The summed E-state index contributed by atoms with van der Waals surface area (Å²) in [5.74, 6) is 0. The van der Waals surface area contributed by atoms with Gasteiger partial charge in [0.1, 0.15) is 0 Å². The summed E-state index contributed by atoms with van der Waals surface area (Å²) >= 11 is -0.931. The molecule has 0 saturated heterocycles. The van der Waals surface area contributed by atoms with Crippen molar-refractivity contribution < 1.29 is 0 Å². The van der Waals surface area contributed by atoms with Gasteiger partial charge in [0.15, 0.2) is 0 Å². The summed E-state index contributed by atoms with van der Waals surface area (Å²) in [4.78, 5) is 0.